The van der Waals surface area contributed by atoms with Crippen LogP contribution in [0.5, 0.6) is 5.75 Å². The van der Waals surface area contributed by atoms with Gasteiger partial charge in [0.25, 0.3) is 0 Å². The van der Waals surface area contributed by atoms with Crippen molar-refractivity contribution in [3.63, 3.8) is 0 Å². The van der Waals surface area contributed by atoms with Gasteiger partial charge in [0, 0.05) is 0 Å². The maximum absolute atomic E-state index is 11.8. The predicted molar refractivity (Wildman–Crippen MR) is 74.8 cm³/mol. The van der Waals surface area contributed by atoms with Gasteiger partial charge in [0.2, 0.25) is 0 Å². The van der Waals surface area contributed by atoms with E-state index >= 15 is 0 Å². The summed E-state index contributed by atoms with van der Waals surface area (Å²) in [5, 5.41) is 0. The summed E-state index contributed by atoms with van der Waals surface area (Å²) in [7, 11) is 0. The summed E-state index contributed by atoms with van der Waals surface area (Å²) in [6.07, 6.45) is 1.35. The molecule has 0 saturated carbocycles. The van der Waals surface area contributed by atoms with Gasteiger partial charge >= 0.3 is 5.97 Å². The highest BCUT2D eigenvalue weighted by Gasteiger charge is 2.15. The molecule has 0 radical (unpaired) electrons. The van der Waals surface area contributed by atoms with E-state index in [-0.39, 0.29) is 5.97 Å². The molecule has 2 aromatic rings. The van der Waals surface area contributed by atoms with Gasteiger partial charge in [-0.15, -0.1) is 0 Å². The Morgan fingerprint density at radius 2 is 1.58 bits per heavy atom. The first kappa shape index (κ1) is 13.3. The van der Waals surface area contributed by atoms with Gasteiger partial charge in [0.1, 0.15) is 11.8 Å². The van der Waals surface area contributed by atoms with Crippen molar-refractivity contribution in [3.8, 4) is 5.75 Å². The third-order valence-electron chi connectivity index (χ3n) is 2.85. The number of hydrogen-bond donors (Lipinski definition) is 1. The number of aryl methyl sites for hydroxylation is 1. The van der Waals surface area contributed by atoms with Gasteiger partial charge in [0.15, 0.2) is 0 Å². The molecule has 19 heavy (non-hydrogen) atoms. The molecule has 0 amide bonds. The number of para-hydroxylation sites is 1. The number of hydrogen-bond acceptors (Lipinski definition) is 3. The van der Waals surface area contributed by atoms with Crippen molar-refractivity contribution in [2.75, 3.05) is 0 Å². The second-order valence-electron chi connectivity index (χ2n) is 4.36. The van der Waals surface area contributed by atoms with Crippen molar-refractivity contribution in [3.05, 3.63) is 66.2 Å². The summed E-state index contributed by atoms with van der Waals surface area (Å²) in [6.45, 7) is 0. The van der Waals surface area contributed by atoms with Gasteiger partial charge in [-0.2, -0.15) is 0 Å². The van der Waals surface area contributed by atoms with Crippen molar-refractivity contribution in [1.82, 2.24) is 0 Å². The quantitative estimate of drug-likeness (QED) is 0.660. The van der Waals surface area contributed by atoms with Crippen LogP contribution in [0.25, 0.3) is 0 Å². The van der Waals surface area contributed by atoms with E-state index in [9.17, 15) is 4.79 Å². The van der Waals surface area contributed by atoms with Crippen molar-refractivity contribution in [2.24, 2.45) is 5.73 Å². The van der Waals surface area contributed by atoms with Gasteiger partial charge in [0.05, 0.1) is 0 Å². The van der Waals surface area contributed by atoms with Crippen molar-refractivity contribution < 1.29 is 9.53 Å². The standard InChI is InChI=1S/C16H17NO2/c17-15(12-11-13-7-3-1-4-8-13)16(18)19-14-9-5-2-6-10-14/h1-10,15H,11-12,17H2. The summed E-state index contributed by atoms with van der Waals surface area (Å²) >= 11 is 0. The van der Waals surface area contributed by atoms with Crippen LogP contribution in [0.1, 0.15) is 12.0 Å². The number of carbonyl (C=O) groups is 1. The van der Waals surface area contributed by atoms with Crippen molar-refractivity contribution in [2.45, 2.75) is 18.9 Å². The molecular weight excluding hydrogens is 238 g/mol. The van der Waals surface area contributed by atoms with Crippen LogP contribution in [0, 0.1) is 0 Å². The molecular formula is C16H17NO2. The highest BCUT2D eigenvalue weighted by atomic mass is 16.5. The number of carbonyl (C=O) groups excluding carboxylic acids is 1. The second-order valence-corrected chi connectivity index (χ2v) is 4.36. The fourth-order valence-electron chi connectivity index (χ4n) is 1.77. The number of benzene rings is 2. The molecule has 3 heteroatoms. The Kier molecular flexibility index (Phi) is 4.70. The number of nitrogens with two attached hydrogens (primary N) is 1. The third kappa shape index (κ3) is 4.23. The van der Waals surface area contributed by atoms with Crippen LogP contribution in [-0.4, -0.2) is 12.0 Å². The topological polar surface area (TPSA) is 52.3 Å². The molecule has 0 aliphatic carbocycles. The molecule has 0 aliphatic heterocycles. The lowest BCUT2D eigenvalue weighted by Gasteiger charge is -2.11. The van der Waals surface area contributed by atoms with Gasteiger partial charge in [-0.1, -0.05) is 48.5 Å². The van der Waals surface area contributed by atoms with Crippen LogP contribution in [0.2, 0.25) is 0 Å². The fraction of sp³-hybridized carbons (Fsp3) is 0.188. The molecule has 1 atom stereocenters. The Hall–Kier alpha value is -2.13. The Labute approximate surface area is 113 Å². The van der Waals surface area contributed by atoms with E-state index in [1.165, 1.54) is 5.56 Å². The first-order valence-electron chi connectivity index (χ1n) is 6.32. The lowest BCUT2D eigenvalue weighted by Crippen LogP contribution is -2.34. The van der Waals surface area contributed by atoms with Gasteiger partial charge < -0.3 is 10.5 Å². The van der Waals surface area contributed by atoms with Gasteiger partial charge in [-0.25, -0.2) is 4.79 Å². The fourth-order valence-corrected chi connectivity index (χ4v) is 1.77. The van der Waals surface area contributed by atoms with E-state index in [0.29, 0.717) is 12.2 Å². The Bertz CT molecular complexity index is 511. The minimum Gasteiger partial charge on any atom is -0.425 e. The van der Waals surface area contributed by atoms with E-state index in [1.54, 1.807) is 12.1 Å². The minimum absolute atomic E-state index is 0.387. The molecule has 98 valence electrons. The Morgan fingerprint density at radius 3 is 2.21 bits per heavy atom. The Balaban J connectivity index is 1.83. The molecule has 2 aromatic carbocycles. The molecule has 0 aliphatic rings. The molecule has 2 N–H and O–H groups in total. The van der Waals surface area contributed by atoms with Gasteiger partial charge in [-0.05, 0) is 30.5 Å². The largest absolute Gasteiger partial charge is 0.425 e. The highest BCUT2D eigenvalue weighted by Crippen LogP contribution is 2.10. The lowest BCUT2D eigenvalue weighted by molar-refractivity contribution is -0.136. The zero-order valence-electron chi connectivity index (χ0n) is 10.7. The third-order valence-corrected chi connectivity index (χ3v) is 2.85. The van der Waals surface area contributed by atoms with E-state index in [1.807, 2.05) is 48.5 Å². The van der Waals surface area contributed by atoms with Crippen LogP contribution in [0.4, 0.5) is 0 Å². The molecule has 2 rings (SSSR count). The molecule has 0 spiro atoms. The summed E-state index contributed by atoms with van der Waals surface area (Å²) < 4.78 is 5.20. The number of esters is 1. The molecule has 0 fully saturated rings. The number of rotatable bonds is 5. The highest BCUT2D eigenvalue weighted by molar-refractivity contribution is 5.77. The number of ether oxygens (including phenoxy) is 1. The molecule has 3 nitrogen and oxygen atoms in total. The SMILES string of the molecule is NC(CCc1ccccc1)C(=O)Oc1ccccc1. The summed E-state index contributed by atoms with van der Waals surface area (Å²) in [4.78, 5) is 11.8. The molecule has 0 bridgehead atoms. The first-order chi connectivity index (χ1) is 9.25. The van der Waals surface area contributed by atoms with Crippen molar-refractivity contribution in [1.29, 1.82) is 0 Å². The lowest BCUT2D eigenvalue weighted by atomic mass is 10.1. The monoisotopic (exact) mass is 255 g/mol. The summed E-state index contributed by atoms with van der Waals surface area (Å²) in [5.74, 6) is 0.143. The molecule has 0 aromatic heterocycles. The van der Waals surface area contributed by atoms with Crippen LogP contribution in [0.15, 0.2) is 60.7 Å². The van der Waals surface area contributed by atoms with E-state index < -0.39 is 6.04 Å². The molecule has 0 heterocycles. The van der Waals surface area contributed by atoms with E-state index in [2.05, 4.69) is 0 Å². The van der Waals surface area contributed by atoms with Gasteiger partial charge in [-0.3, -0.25) is 0 Å². The zero-order chi connectivity index (χ0) is 13.5. The maximum Gasteiger partial charge on any atom is 0.328 e. The summed E-state index contributed by atoms with van der Waals surface area (Å²) in [5.41, 5.74) is 7.01. The van der Waals surface area contributed by atoms with Crippen molar-refractivity contribution >= 4 is 5.97 Å². The smallest absolute Gasteiger partial charge is 0.328 e. The average Bonchev–Trinajstić information content (AvgIpc) is 2.47. The van der Waals surface area contributed by atoms with Crippen LogP contribution in [-0.2, 0) is 11.2 Å². The Morgan fingerprint density at radius 1 is 1.00 bits per heavy atom. The summed E-state index contributed by atoms with van der Waals surface area (Å²) in [6, 6.07) is 18.3. The minimum atomic E-state index is -0.597. The second kappa shape index (κ2) is 6.71. The normalized spacial score (nSPS) is 11.8. The predicted octanol–water partition coefficient (Wildman–Crippen LogP) is 2.55. The molecule has 0 saturated heterocycles. The molecule has 1 unspecified atom stereocenters. The average molecular weight is 255 g/mol. The van der Waals surface area contributed by atoms with Crippen LogP contribution >= 0.6 is 0 Å². The van der Waals surface area contributed by atoms with Crippen LogP contribution in [0.3, 0.4) is 0 Å². The van der Waals surface area contributed by atoms with Crippen LogP contribution < -0.4 is 10.5 Å². The maximum atomic E-state index is 11.8. The zero-order valence-corrected chi connectivity index (χ0v) is 10.7. The van der Waals surface area contributed by atoms with E-state index in [4.69, 9.17) is 10.5 Å². The first-order valence-corrected chi connectivity index (χ1v) is 6.32. The van der Waals surface area contributed by atoms with E-state index in [0.717, 1.165) is 6.42 Å².